The van der Waals surface area contributed by atoms with Gasteiger partial charge in [0.15, 0.2) is 0 Å². The first-order chi connectivity index (χ1) is 8.70. The molecule has 1 aromatic rings. The molecular weight excluding hydrogens is 240 g/mol. The number of aliphatic hydroxyl groups is 1. The fourth-order valence-electron chi connectivity index (χ4n) is 1.43. The minimum Gasteiger partial charge on any atom is -0.476 e. The van der Waals surface area contributed by atoms with Gasteiger partial charge < -0.3 is 15.2 Å². The van der Waals surface area contributed by atoms with E-state index in [4.69, 9.17) is 9.84 Å². The van der Waals surface area contributed by atoms with Crippen LogP contribution in [0.4, 0.5) is 11.5 Å². The molecule has 0 aliphatic rings. The summed E-state index contributed by atoms with van der Waals surface area (Å²) in [4.78, 5) is 17.9. The van der Waals surface area contributed by atoms with Gasteiger partial charge in [0.25, 0.3) is 5.88 Å². The van der Waals surface area contributed by atoms with E-state index in [1.807, 2.05) is 0 Å². The van der Waals surface area contributed by atoms with Crippen LogP contribution >= 0.6 is 0 Å². The van der Waals surface area contributed by atoms with Gasteiger partial charge in [0, 0.05) is 13.2 Å². The third kappa shape index (κ3) is 3.81. The van der Waals surface area contributed by atoms with Gasteiger partial charge in [-0.2, -0.15) is 4.98 Å². The van der Waals surface area contributed by atoms with E-state index in [2.05, 4.69) is 15.3 Å². The number of ether oxygens (including phenoxy) is 1. The average molecular weight is 256 g/mol. The maximum atomic E-state index is 10.9. The summed E-state index contributed by atoms with van der Waals surface area (Å²) in [6.07, 6.45) is 3.57. The van der Waals surface area contributed by atoms with Crippen LogP contribution in [0.3, 0.4) is 0 Å². The maximum Gasteiger partial charge on any atom is 0.372 e. The zero-order chi connectivity index (χ0) is 13.4. The lowest BCUT2D eigenvalue weighted by Crippen LogP contribution is -2.08. The van der Waals surface area contributed by atoms with Gasteiger partial charge in [-0.25, -0.2) is 4.98 Å². The normalized spacial score (nSPS) is 10.1. The number of hydrogen-bond donors (Lipinski definition) is 2. The maximum absolute atomic E-state index is 10.9. The first-order valence-electron chi connectivity index (χ1n) is 5.58. The van der Waals surface area contributed by atoms with Gasteiger partial charge in [0.05, 0.1) is 12.0 Å². The molecule has 0 unspecified atom stereocenters. The number of nitro groups is 1. The lowest BCUT2D eigenvalue weighted by Gasteiger charge is -2.07. The Morgan fingerprint density at radius 3 is 2.83 bits per heavy atom. The van der Waals surface area contributed by atoms with E-state index in [-0.39, 0.29) is 24.0 Å². The first-order valence-corrected chi connectivity index (χ1v) is 5.58. The Balaban J connectivity index is 2.67. The topological polar surface area (TPSA) is 110 Å². The molecule has 0 saturated carbocycles. The van der Waals surface area contributed by atoms with Gasteiger partial charge in [-0.3, -0.25) is 10.1 Å². The number of aromatic nitrogens is 2. The molecule has 2 N–H and O–H groups in total. The van der Waals surface area contributed by atoms with Crippen molar-refractivity contribution in [3.05, 3.63) is 16.4 Å². The van der Waals surface area contributed by atoms with Crippen molar-refractivity contribution in [3.63, 3.8) is 0 Å². The quantitative estimate of drug-likeness (QED) is 0.405. The van der Waals surface area contributed by atoms with Crippen LogP contribution in [0.2, 0.25) is 0 Å². The van der Waals surface area contributed by atoms with Crippen molar-refractivity contribution in [2.24, 2.45) is 0 Å². The molecule has 0 aliphatic heterocycles. The molecule has 8 heteroatoms. The second-order valence-corrected chi connectivity index (χ2v) is 3.55. The number of nitrogens with zero attached hydrogens (tertiary/aromatic N) is 3. The number of hydrogen-bond acceptors (Lipinski definition) is 7. The highest BCUT2D eigenvalue weighted by Gasteiger charge is 2.23. The Kier molecular flexibility index (Phi) is 5.78. The summed E-state index contributed by atoms with van der Waals surface area (Å²) in [5.41, 5.74) is -0.262. The second-order valence-electron chi connectivity index (χ2n) is 3.55. The fourth-order valence-corrected chi connectivity index (χ4v) is 1.43. The van der Waals surface area contributed by atoms with Crippen molar-refractivity contribution >= 4 is 11.5 Å². The Labute approximate surface area is 104 Å². The van der Waals surface area contributed by atoms with Crippen molar-refractivity contribution in [1.29, 1.82) is 0 Å². The highest BCUT2D eigenvalue weighted by Crippen LogP contribution is 2.30. The average Bonchev–Trinajstić information content (AvgIpc) is 2.37. The van der Waals surface area contributed by atoms with E-state index in [1.165, 1.54) is 13.4 Å². The number of unbranched alkanes of at least 4 members (excludes halogenated alkanes) is 2. The van der Waals surface area contributed by atoms with Crippen LogP contribution in [0.1, 0.15) is 19.3 Å². The van der Waals surface area contributed by atoms with Crippen LogP contribution in [-0.2, 0) is 0 Å². The molecule has 8 nitrogen and oxygen atoms in total. The molecule has 1 rings (SSSR count). The molecule has 0 radical (unpaired) electrons. The van der Waals surface area contributed by atoms with Crippen molar-refractivity contribution in [2.45, 2.75) is 19.3 Å². The third-order valence-electron chi connectivity index (χ3n) is 2.29. The number of rotatable bonds is 8. The van der Waals surface area contributed by atoms with Crippen LogP contribution in [0.25, 0.3) is 0 Å². The highest BCUT2D eigenvalue weighted by atomic mass is 16.6. The van der Waals surface area contributed by atoms with E-state index in [9.17, 15) is 10.1 Å². The van der Waals surface area contributed by atoms with Gasteiger partial charge in [-0.15, -0.1) is 0 Å². The summed E-state index contributed by atoms with van der Waals surface area (Å²) in [6, 6.07) is 0. The molecule has 1 aromatic heterocycles. The highest BCUT2D eigenvalue weighted by molar-refractivity contribution is 5.60. The van der Waals surface area contributed by atoms with Crippen molar-refractivity contribution in [3.8, 4) is 5.88 Å². The first kappa shape index (κ1) is 14.1. The zero-order valence-electron chi connectivity index (χ0n) is 10.1. The van der Waals surface area contributed by atoms with Crippen LogP contribution in [-0.4, -0.2) is 40.3 Å². The molecule has 0 spiro atoms. The molecule has 0 aliphatic carbocycles. The monoisotopic (exact) mass is 256 g/mol. The number of anilines is 1. The molecule has 0 bridgehead atoms. The Morgan fingerprint density at radius 1 is 1.44 bits per heavy atom. The Bertz CT molecular complexity index is 399. The van der Waals surface area contributed by atoms with Crippen molar-refractivity contribution in [1.82, 2.24) is 9.97 Å². The molecule has 0 atom stereocenters. The smallest absolute Gasteiger partial charge is 0.372 e. The predicted octanol–water partition coefficient (Wildman–Crippen LogP) is 0.968. The molecule has 0 amide bonds. The minimum absolute atomic E-state index is 0.0622. The standard InChI is InChI=1S/C10H16N4O4/c1-18-10-8(14(16)17)9(12-7-13-10)11-5-3-2-4-6-15/h7,15H,2-6H2,1H3,(H,11,12,13). The Morgan fingerprint density at radius 2 is 2.22 bits per heavy atom. The second kappa shape index (κ2) is 7.38. The summed E-state index contributed by atoms with van der Waals surface area (Å²) < 4.78 is 4.83. The van der Waals surface area contributed by atoms with Crippen LogP contribution in [0.15, 0.2) is 6.33 Å². The van der Waals surface area contributed by atoms with Crippen LogP contribution in [0, 0.1) is 10.1 Å². The van der Waals surface area contributed by atoms with Crippen LogP contribution < -0.4 is 10.1 Å². The number of aliphatic hydroxyl groups excluding tert-OH is 1. The largest absolute Gasteiger partial charge is 0.476 e. The summed E-state index contributed by atoms with van der Waals surface area (Å²) in [7, 11) is 1.32. The summed E-state index contributed by atoms with van der Waals surface area (Å²) in [5, 5.41) is 22.4. The van der Waals surface area contributed by atoms with E-state index in [1.54, 1.807) is 0 Å². The lowest BCUT2D eigenvalue weighted by molar-refractivity contribution is -0.385. The van der Waals surface area contributed by atoms with E-state index in [0.29, 0.717) is 6.54 Å². The Hall–Kier alpha value is -1.96. The lowest BCUT2D eigenvalue weighted by atomic mass is 10.2. The molecule has 100 valence electrons. The van der Waals surface area contributed by atoms with Crippen molar-refractivity contribution in [2.75, 3.05) is 25.6 Å². The van der Waals surface area contributed by atoms with Gasteiger partial charge in [0.2, 0.25) is 5.82 Å². The number of methoxy groups -OCH3 is 1. The summed E-state index contributed by atoms with van der Waals surface area (Å²) >= 11 is 0. The summed E-state index contributed by atoms with van der Waals surface area (Å²) in [5.74, 6) is 0.0868. The summed E-state index contributed by atoms with van der Waals surface area (Å²) in [6.45, 7) is 0.697. The molecule has 0 saturated heterocycles. The third-order valence-corrected chi connectivity index (χ3v) is 2.29. The zero-order valence-corrected chi connectivity index (χ0v) is 10.1. The van der Waals surface area contributed by atoms with Gasteiger partial charge >= 0.3 is 5.69 Å². The molecule has 0 aromatic carbocycles. The predicted molar refractivity (Wildman–Crippen MR) is 64.7 cm³/mol. The van der Waals surface area contributed by atoms with Crippen molar-refractivity contribution < 1.29 is 14.8 Å². The van der Waals surface area contributed by atoms with Gasteiger partial charge in [0.1, 0.15) is 6.33 Å². The molecule has 18 heavy (non-hydrogen) atoms. The van der Waals surface area contributed by atoms with Crippen LogP contribution in [0.5, 0.6) is 5.88 Å². The van der Waals surface area contributed by atoms with E-state index < -0.39 is 4.92 Å². The minimum atomic E-state index is -0.575. The van der Waals surface area contributed by atoms with Gasteiger partial charge in [-0.05, 0) is 19.3 Å². The van der Waals surface area contributed by atoms with Gasteiger partial charge in [-0.1, -0.05) is 0 Å². The molecule has 1 heterocycles. The fraction of sp³-hybridized carbons (Fsp3) is 0.600. The van der Waals surface area contributed by atoms with E-state index >= 15 is 0 Å². The molecule has 0 fully saturated rings. The molecular formula is C10H16N4O4. The SMILES string of the molecule is COc1ncnc(NCCCCCO)c1[N+](=O)[O-]. The number of nitrogens with one attached hydrogen (secondary N) is 1. The van der Waals surface area contributed by atoms with E-state index in [0.717, 1.165) is 19.3 Å².